The second kappa shape index (κ2) is 2.81. The van der Waals surface area contributed by atoms with Crippen molar-refractivity contribution >= 4 is 27.5 Å². The first-order valence-electron chi connectivity index (χ1n) is 3.40. The lowest BCUT2D eigenvalue weighted by Gasteiger charge is -1.97. The number of rotatable bonds is 1. The monoisotopic (exact) mass is 241 g/mol. The standard InChI is InChI=1S/C7H4BrN3O2/c8-5-1-4(7(12)13)2-11-3-9-10-6(5)11/h1-3H,(H,12,13). The van der Waals surface area contributed by atoms with Crippen molar-refractivity contribution in [2.75, 3.05) is 0 Å². The van der Waals surface area contributed by atoms with E-state index in [-0.39, 0.29) is 5.56 Å². The Morgan fingerprint density at radius 3 is 3.08 bits per heavy atom. The Morgan fingerprint density at radius 2 is 2.38 bits per heavy atom. The summed E-state index contributed by atoms with van der Waals surface area (Å²) < 4.78 is 2.16. The molecule has 13 heavy (non-hydrogen) atoms. The largest absolute Gasteiger partial charge is 0.478 e. The highest BCUT2D eigenvalue weighted by Crippen LogP contribution is 2.17. The molecule has 2 rings (SSSR count). The van der Waals surface area contributed by atoms with Gasteiger partial charge in [0.1, 0.15) is 6.33 Å². The number of hydrogen-bond acceptors (Lipinski definition) is 3. The molecule has 0 aromatic carbocycles. The third-order valence-electron chi connectivity index (χ3n) is 1.59. The SMILES string of the molecule is O=C(O)c1cc(Br)c2nncn2c1. The van der Waals surface area contributed by atoms with Gasteiger partial charge in [-0.2, -0.15) is 0 Å². The Kier molecular flexibility index (Phi) is 1.77. The van der Waals surface area contributed by atoms with Crippen LogP contribution in [-0.2, 0) is 0 Å². The van der Waals surface area contributed by atoms with Crippen molar-refractivity contribution in [2.24, 2.45) is 0 Å². The van der Waals surface area contributed by atoms with E-state index >= 15 is 0 Å². The van der Waals surface area contributed by atoms with E-state index < -0.39 is 5.97 Å². The van der Waals surface area contributed by atoms with E-state index in [0.717, 1.165) is 0 Å². The van der Waals surface area contributed by atoms with Crippen LogP contribution in [0.3, 0.4) is 0 Å². The topological polar surface area (TPSA) is 67.5 Å². The van der Waals surface area contributed by atoms with Gasteiger partial charge in [0, 0.05) is 6.20 Å². The summed E-state index contributed by atoms with van der Waals surface area (Å²) >= 11 is 3.21. The van der Waals surface area contributed by atoms with Crippen LogP contribution in [0.2, 0.25) is 0 Å². The van der Waals surface area contributed by atoms with E-state index in [1.807, 2.05) is 0 Å². The van der Waals surface area contributed by atoms with Crippen LogP contribution >= 0.6 is 15.9 Å². The minimum absolute atomic E-state index is 0.194. The Labute approximate surface area is 81.1 Å². The Morgan fingerprint density at radius 1 is 1.62 bits per heavy atom. The average Bonchev–Trinajstić information content (AvgIpc) is 2.51. The molecule has 0 spiro atoms. The lowest BCUT2D eigenvalue weighted by molar-refractivity contribution is 0.0696. The van der Waals surface area contributed by atoms with Crippen molar-refractivity contribution < 1.29 is 9.90 Å². The van der Waals surface area contributed by atoms with Crippen molar-refractivity contribution in [3.8, 4) is 0 Å². The molecule has 2 aromatic rings. The summed E-state index contributed by atoms with van der Waals surface area (Å²) in [6, 6.07) is 1.49. The molecular formula is C7H4BrN3O2. The number of aromatic nitrogens is 3. The zero-order chi connectivity index (χ0) is 9.42. The lowest BCUT2D eigenvalue weighted by Crippen LogP contribution is -1.99. The normalized spacial score (nSPS) is 10.5. The summed E-state index contributed by atoms with van der Waals surface area (Å²) in [6.45, 7) is 0. The lowest BCUT2D eigenvalue weighted by atomic mass is 10.3. The molecule has 0 fully saturated rings. The van der Waals surface area contributed by atoms with Crippen LogP contribution in [0.15, 0.2) is 23.1 Å². The molecule has 0 saturated carbocycles. The molecule has 0 unspecified atom stereocenters. The van der Waals surface area contributed by atoms with Crippen molar-refractivity contribution in [1.29, 1.82) is 0 Å². The van der Waals surface area contributed by atoms with Crippen molar-refractivity contribution in [3.63, 3.8) is 0 Å². The van der Waals surface area contributed by atoms with Gasteiger partial charge in [-0.3, -0.25) is 4.40 Å². The highest BCUT2D eigenvalue weighted by Gasteiger charge is 2.08. The number of halogens is 1. The number of carboxylic acids is 1. The molecule has 66 valence electrons. The summed E-state index contributed by atoms with van der Waals surface area (Å²) in [4.78, 5) is 10.6. The third-order valence-corrected chi connectivity index (χ3v) is 2.18. The van der Waals surface area contributed by atoms with Crippen LogP contribution in [0.1, 0.15) is 10.4 Å². The number of pyridine rings is 1. The number of carboxylic acid groups (broad SMARTS) is 1. The molecule has 5 nitrogen and oxygen atoms in total. The van der Waals surface area contributed by atoms with Crippen LogP contribution in [-0.4, -0.2) is 25.7 Å². The van der Waals surface area contributed by atoms with E-state index in [1.54, 1.807) is 4.40 Å². The molecule has 0 radical (unpaired) electrons. The molecule has 6 heteroatoms. The minimum Gasteiger partial charge on any atom is -0.478 e. The van der Waals surface area contributed by atoms with Crippen LogP contribution in [0.5, 0.6) is 0 Å². The predicted molar refractivity (Wildman–Crippen MR) is 47.6 cm³/mol. The van der Waals surface area contributed by atoms with Crippen LogP contribution in [0.25, 0.3) is 5.65 Å². The summed E-state index contributed by atoms with van der Waals surface area (Å²) in [6.07, 6.45) is 2.91. The second-order valence-electron chi connectivity index (χ2n) is 2.44. The van der Waals surface area contributed by atoms with Gasteiger partial charge >= 0.3 is 5.97 Å². The maximum absolute atomic E-state index is 10.6. The molecule has 0 saturated heterocycles. The van der Waals surface area contributed by atoms with Gasteiger partial charge < -0.3 is 5.11 Å². The van der Waals surface area contributed by atoms with Crippen molar-refractivity contribution in [2.45, 2.75) is 0 Å². The van der Waals surface area contributed by atoms with Gasteiger partial charge in [0.05, 0.1) is 10.0 Å². The van der Waals surface area contributed by atoms with Gasteiger partial charge in [-0.05, 0) is 22.0 Å². The first kappa shape index (κ1) is 8.18. The molecule has 0 aliphatic heterocycles. The first-order chi connectivity index (χ1) is 6.18. The number of nitrogens with zero attached hydrogens (tertiary/aromatic N) is 3. The fourth-order valence-corrected chi connectivity index (χ4v) is 1.54. The van der Waals surface area contributed by atoms with Crippen LogP contribution in [0.4, 0.5) is 0 Å². The van der Waals surface area contributed by atoms with Gasteiger partial charge in [-0.1, -0.05) is 0 Å². The maximum Gasteiger partial charge on any atom is 0.337 e. The van der Waals surface area contributed by atoms with Gasteiger partial charge in [0.2, 0.25) is 0 Å². The van der Waals surface area contributed by atoms with E-state index in [9.17, 15) is 4.79 Å². The van der Waals surface area contributed by atoms with Gasteiger partial charge in [0.15, 0.2) is 5.65 Å². The predicted octanol–water partition coefficient (Wildman–Crippen LogP) is 1.19. The van der Waals surface area contributed by atoms with Crippen LogP contribution < -0.4 is 0 Å². The second-order valence-corrected chi connectivity index (χ2v) is 3.30. The molecule has 0 amide bonds. The average molecular weight is 242 g/mol. The Bertz CT molecular complexity index is 480. The van der Waals surface area contributed by atoms with E-state index in [2.05, 4.69) is 26.1 Å². The fraction of sp³-hybridized carbons (Fsp3) is 0. The molecule has 0 atom stereocenters. The van der Waals surface area contributed by atoms with E-state index in [0.29, 0.717) is 10.1 Å². The molecule has 2 heterocycles. The first-order valence-corrected chi connectivity index (χ1v) is 4.20. The van der Waals surface area contributed by atoms with E-state index in [1.165, 1.54) is 18.6 Å². The van der Waals surface area contributed by atoms with Crippen LogP contribution in [0, 0.1) is 0 Å². The molecule has 1 N–H and O–H groups in total. The maximum atomic E-state index is 10.6. The summed E-state index contributed by atoms with van der Waals surface area (Å²) in [5.74, 6) is -0.976. The van der Waals surface area contributed by atoms with Crippen molar-refractivity contribution in [1.82, 2.24) is 14.6 Å². The van der Waals surface area contributed by atoms with E-state index in [4.69, 9.17) is 5.11 Å². The Hall–Kier alpha value is -1.43. The smallest absolute Gasteiger partial charge is 0.337 e. The third kappa shape index (κ3) is 1.29. The fourth-order valence-electron chi connectivity index (χ4n) is 1.01. The number of hydrogen-bond donors (Lipinski definition) is 1. The van der Waals surface area contributed by atoms with Crippen molar-refractivity contribution in [3.05, 3.63) is 28.6 Å². The highest BCUT2D eigenvalue weighted by atomic mass is 79.9. The molecule has 0 aliphatic rings. The van der Waals surface area contributed by atoms with Gasteiger partial charge in [-0.15, -0.1) is 10.2 Å². The zero-order valence-electron chi connectivity index (χ0n) is 6.31. The molecule has 0 aliphatic carbocycles. The molecule has 2 aromatic heterocycles. The molecule has 0 bridgehead atoms. The number of fused-ring (bicyclic) bond motifs is 1. The number of carbonyl (C=O) groups is 1. The summed E-state index contributed by atoms with van der Waals surface area (Å²) in [5.41, 5.74) is 0.796. The van der Waals surface area contributed by atoms with Gasteiger partial charge in [-0.25, -0.2) is 4.79 Å². The number of aromatic carboxylic acids is 1. The minimum atomic E-state index is -0.976. The zero-order valence-corrected chi connectivity index (χ0v) is 7.89. The summed E-state index contributed by atoms with van der Waals surface area (Å²) in [5, 5.41) is 16.2. The highest BCUT2D eigenvalue weighted by molar-refractivity contribution is 9.10. The molecular weight excluding hydrogens is 238 g/mol. The quantitative estimate of drug-likeness (QED) is 0.815. The van der Waals surface area contributed by atoms with Gasteiger partial charge in [0.25, 0.3) is 0 Å². The summed E-state index contributed by atoms with van der Waals surface area (Å²) in [7, 11) is 0. The Balaban J connectivity index is 2.77.